The molecule has 2 amide bonds. The summed E-state index contributed by atoms with van der Waals surface area (Å²) in [4.78, 5) is 28.7. The van der Waals surface area contributed by atoms with Gasteiger partial charge in [0.05, 0.1) is 6.54 Å². The number of halogens is 1. The number of hydrogen-bond donors (Lipinski definition) is 1. The molecule has 1 aliphatic heterocycles. The number of amides is 2. The van der Waals surface area contributed by atoms with Crippen molar-refractivity contribution < 1.29 is 9.59 Å². The Bertz CT molecular complexity index is 901. The molecule has 152 valence electrons. The number of benzene rings is 2. The van der Waals surface area contributed by atoms with Crippen molar-refractivity contribution in [3.05, 3.63) is 70.3 Å². The van der Waals surface area contributed by atoms with E-state index in [0.717, 1.165) is 22.4 Å². The summed E-state index contributed by atoms with van der Waals surface area (Å²) in [6, 6.07) is 13.2. The molecule has 0 unspecified atom stereocenters. The standard InChI is InChI=1S/C23H26ClN3O2/c1-17-4-3-5-21(18(17)2)25-22(28)16-26-12-14-27(15-13-26)23(29)11-8-19-6-9-20(24)10-7-19/h3-11H,12-16H2,1-2H3,(H,25,28). The van der Waals surface area contributed by atoms with Crippen molar-refractivity contribution in [1.29, 1.82) is 0 Å². The van der Waals surface area contributed by atoms with E-state index in [0.29, 0.717) is 37.7 Å². The van der Waals surface area contributed by atoms with Crippen molar-refractivity contribution in [3.8, 4) is 0 Å². The van der Waals surface area contributed by atoms with Crippen molar-refractivity contribution >= 4 is 35.2 Å². The van der Waals surface area contributed by atoms with Crippen LogP contribution in [0.2, 0.25) is 5.02 Å². The highest BCUT2D eigenvalue weighted by Gasteiger charge is 2.21. The molecule has 1 aliphatic rings. The summed E-state index contributed by atoms with van der Waals surface area (Å²) in [6.45, 7) is 6.95. The fourth-order valence-corrected chi connectivity index (χ4v) is 3.38. The van der Waals surface area contributed by atoms with Gasteiger partial charge >= 0.3 is 0 Å². The Kier molecular flexibility index (Phi) is 7.07. The fraction of sp³-hybridized carbons (Fsp3) is 0.304. The Morgan fingerprint density at radius 3 is 2.41 bits per heavy atom. The first-order valence-electron chi connectivity index (χ1n) is 9.73. The largest absolute Gasteiger partial charge is 0.337 e. The van der Waals surface area contributed by atoms with Crippen LogP contribution in [0.15, 0.2) is 48.5 Å². The second-order valence-corrected chi connectivity index (χ2v) is 7.72. The average molecular weight is 412 g/mol. The highest BCUT2D eigenvalue weighted by molar-refractivity contribution is 6.30. The summed E-state index contributed by atoms with van der Waals surface area (Å²) in [5.41, 5.74) is 4.03. The minimum Gasteiger partial charge on any atom is -0.337 e. The highest BCUT2D eigenvalue weighted by atomic mass is 35.5. The number of carbonyl (C=O) groups is 2. The van der Waals surface area contributed by atoms with Gasteiger partial charge in [0.2, 0.25) is 11.8 Å². The van der Waals surface area contributed by atoms with E-state index >= 15 is 0 Å². The van der Waals surface area contributed by atoms with E-state index in [4.69, 9.17) is 11.6 Å². The lowest BCUT2D eigenvalue weighted by Gasteiger charge is -2.33. The van der Waals surface area contributed by atoms with Crippen LogP contribution in [0.3, 0.4) is 0 Å². The normalized spacial score (nSPS) is 14.9. The van der Waals surface area contributed by atoms with Gasteiger partial charge in [-0.15, -0.1) is 0 Å². The smallest absolute Gasteiger partial charge is 0.246 e. The quantitative estimate of drug-likeness (QED) is 0.762. The molecule has 1 fully saturated rings. The average Bonchev–Trinajstić information content (AvgIpc) is 2.71. The number of rotatable bonds is 5. The number of hydrogen-bond acceptors (Lipinski definition) is 3. The van der Waals surface area contributed by atoms with Crippen LogP contribution in [0.1, 0.15) is 16.7 Å². The van der Waals surface area contributed by atoms with Gasteiger partial charge in [0.25, 0.3) is 0 Å². The molecule has 0 bridgehead atoms. The van der Waals surface area contributed by atoms with E-state index in [1.165, 1.54) is 0 Å². The molecule has 0 spiro atoms. The van der Waals surface area contributed by atoms with Gasteiger partial charge in [0.15, 0.2) is 0 Å². The molecule has 1 saturated heterocycles. The minimum absolute atomic E-state index is 0.0144. The van der Waals surface area contributed by atoms with E-state index < -0.39 is 0 Å². The molecule has 3 rings (SSSR count). The Hall–Kier alpha value is -2.63. The molecular weight excluding hydrogens is 386 g/mol. The Morgan fingerprint density at radius 1 is 1.03 bits per heavy atom. The van der Waals surface area contributed by atoms with Gasteiger partial charge in [0, 0.05) is 43.0 Å². The first kappa shape index (κ1) is 21.1. The zero-order valence-corrected chi connectivity index (χ0v) is 17.6. The van der Waals surface area contributed by atoms with Crippen LogP contribution in [0, 0.1) is 13.8 Å². The van der Waals surface area contributed by atoms with Crippen molar-refractivity contribution in [2.45, 2.75) is 13.8 Å². The zero-order chi connectivity index (χ0) is 20.8. The van der Waals surface area contributed by atoms with E-state index in [1.54, 1.807) is 24.3 Å². The lowest BCUT2D eigenvalue weighted by molar-refractivity contribution is -0.127. The summed E-state index contributed by atoms with van der Waals surface area (Å²) >= 11 is 5.87. The summed E-state index contributed by atoms with van der Waals surface area (Å²) in [7, 11) is 0. The molecule has 5 nitrogen and oxygen atoms in total. The molecule has 0 radical (unpaired) electrons. The Morgan fingerprint density at radius 2 is 1.72 bits per heavy atom. The molecule has 0 aromatic heterocycles. The lowest BCUT2D eigenvalue weighted by Crippen LogP contribution is -2.50. The van der Waals surface area contributed by atoms with Crippen LogP contribution in [-0.4, -0.2) is 54.3 Å². The molecule has 2 aromatic rings. The second-order valence-electron chi connectivity index (χ2n) is 7.28. The number of nitrogens with zero attached hydrogens (tertiary/aromatic N) is 2. The third-order valence-electron chi connectivity index (χ3n) is 5.22. The van der Waals surface area contributed by atoms with Gasteiger partial charge in [-0.1, -0.05) is 35.9 Å². The maximum absolute atomic E-state index is 12.4. The van der Waals surface area contributed by atoms with Crippen LogP contribution in [0.4, 0.5) is 5.69 Å². The van der Waals surface area contributed by atoms with Crippen molar-refractivity contribution in [2.75, 3.05) is 38.0 Å². The molecule has 2 aromatic carbocycles. The van der Waals surface area contributed by atoms with Crippen LogP contribution in [-0.2, 0) is 9.59 Å². The molecule has 1 heterocycles. The third kappa shape index (κ3) is 5.92. The molecule has 0 saturated carbocycles. The number of anilines is 1. The topological polar surface area (TPSA) is 52.7 Å². The van der Waals surface area contributed by atoms with Crippen LogP contribution in [0.25, 0.3) is 6.08 Å². The van der Waals surface area contributed by atoms with Crippen LogP contribution in [0.5, 0.6) is 0 Å². The first-order valence-corrected chi connectivity index (χ1v) is 10.1. The molecule has 29 heavy (non-hydrogen) atoms. The summed E-state index contributed by atoms with van der Waals surface area (Å²) in [5, 5.41) is 3.67. The van der Waals surface area contributed by atoms with Gasteiger partial charge in [-0.25, -0.2) is 0 Å². The Balaban J connectivity index is 1.46. The Labute approximate surface area is 177 Å². The van der Waals surface area contributed by atoms with Gasteiger partial charge in [0.1, 0.15) is 0 Å². The van der Waals surface area contributed by atoms with E-state index in [1.807, 2.05) is 49.1 Å². The van der Waals surface area contributed by atoms with Gasteiger partial charge in [-0.05, 0) is 54.8 Å². The second kappa shape index (κ2) is 9.72. The predicted octanol–water partition coefficient (Wildman–Crippen LogP) is 3.75. The van der Waals surface area contributed by atoms with Gasteiger partial charge in [-0.2, -0.15) is 0 Å². The van der Waals surface area contributed by atoms with Crippen molar-refractivity contribution in [2.24, 2.45) is 0 Å². The molecule has 0 atom stereocenters. The third-order valence-corrected chi connectivity index (χ3v) is 5.47. The number of nitrogens with one attached hydrogen (secondary N) is 1. The molecule has 1 N–H and O–H groups in total. The van der Waals surface area contributed by atoms with Gasteiger partial charge in [-0.3, -0.25) is 14.5 Å². The zero-order valence-electron chi connectivity index (χ0n) is 16.8. The maximum atomic E-state index is 12.4. The predicted molar refractivity (Wildman–Crippen MR) is 118 cm³/mol. The number of aryl methyl sites for hydroxylation is 1. The highest BCUT2D eigenvalue weighted by Crippen LogP contribution is 2.18. The van der Waals surface area contributed by atoms with Gasteiger partial charge < -0.3 is 10.2 Å². The summed E-state index contributed by atoms with van der Waals surface area (Å²) in [5.74, 6) is -0.0412. The summed E-state index contributed by atoms with van der Waals surface area (Å²) in [6.07, 6.45) is 3.38. The van der Waals surface area contributed by atoms with Crippen molar-refractivity contribution in [1.82, 2.24) is 9.80 Å². The fourth-order valence-electron chi connectivity index (χ4n) is 3.25. The van der Waals surface area contributed by atoms with Crippen LogP contribution >= 0.6 is 11.6 Å². The number of carbonyl (C=O) groups excluding carboxylic acids is 2. The van der Waals surface area contributed by atoms with E-state index in [9.17, 15) is 9.59 Å². The first-order chi connectivity index (χ1) is 13.9. The molecule has 0 aliphatic carbocycles. The van der Waals surface area contributed by atoms with E-state index in [-0.39, 0.29) is 11.8 Å². The monoisotopic (exact) mass is 411 g/mol. The SMILES string of the molecule is Cc1cccc(NC(=O)CN2CCN(C(=O)C=Cc3ccc(Cl)cc3)CC2)c1C. The minimum atomic E-state index is -0.0267. The van der Waals surface area contributed by atoms with Crippen molar-refractivity contribution in [3.63, 3.8) is 0 Å². The van der Waals surface area contributed by atoms with Crippen LogP contribution < -0.4 is 5.32 Å². The number of piperazine rings is 1. The summed E-state index contributed by atoms with van der Waals surface area (Å²) < 4.78 is 0. The maximum Gasteiger partial charge on any atom is 0.246 e. The lowest BCUT2D eigenvalue weighted by atomic mass is 10.1. The molecule has 6 heteroatoms. The molecular formula is C23H26ClN3O2. The van der Waals surface area contributed by atoms with E-state index in [2.05, 4.69) is 10.2 Å².